The third kappa shape index (κ3) is 4.58. The summed E-state index contributed by atoms with van der Waals surface area (Å²) in [4.78, 5) is 22.1. The van der Waals surface area contributed by atoms with Crippen molar-refractivity contribution in [3.05, 3.63) is 70.5 Å². The molecule has 2 rings (SSSR count). The van der Waals surface area contributed by atoms with Crippen LogP contribution in [0.2, 0.25) is 0 Å². The molecule has 2 aromatic rings. The minimum absolute atomic E-state index is 0.0460. The van der Waals surface area contributed by atoms with Crippen molar-refractivity contribution >= 4 is 11.6 Å². The van der Waals surface area contributed by atoms with Gasteiger partial charge in [-0.3, -0.25) is 14.9 Å². The van der Waals surface area contributed by atoms with Gasteiger partial charge in [0.1, 0.15) is 6.10 Å². The molecule has 0 saturated carbocycles. The van der Waals surface area contributed by atoms with Crippen LogP contribution in [0.15, 0.2) is 54.9 Å². The van der Waals surface area contributed by atoms with E-state index in [1.165, 1.54) is 24.3 Å². The first-order chi connectivity index (χ1) is 11.5. The van der Waals surface area contributed by atoms with Gasteiger partial charge in [0.15, 0.2) is 12.4 Å². The third-order valence-corrected chi connectivity index (χ3v) is 3.47. The lowest BCUT2D eigenvalue weighted by Crippen LogP contribution is -2.48. The number of non-ortho nitro benzene ring substituents is 1. The predicted molar refractivity (Wildman–Crippen MR) is 83.7 cm³/mol. The maximum Gasteiger partial charge on any atom is 0.286 e. The zero-order valence-electron chi connectivity index (χ0n) is 12.8. The van der Waals surface area contributed by atoms with E-state index in [2.05, 4.69) is 5.32 Å². The van der Waals surface area contributed by atoms with Gasteiger partial charge in [0.25, 0.3) is 11.6 Å². The number of nitrogens with zero attached hydrogens (tertiary/aromatic N) is 2. The van der Waals surface area contributed by atoms with Crippen LogP contribution in [0.4, 0.5) is 5.69 Å². The molecule has 0 bridgehead atoms. The molecule has 0 aliphatic rings. The third-order valence-electron chi connectivity index (χ3n) is 3.47. The minimum Gasteiger partial charge on any atom is -0.394 e. The van der Waals surface area contributed by atoms with E-state index in [-0.39, 0.29) is 18.1 Å². The van der Waals surface area contributed by atoms with Crippen molar-refractivity contribution in [2.75, 3.05) is 6.61 Å². The van der Waals surface area contributed by atoms with Crippen LogP contribution in [0, 0.1) is 10.1 Å². The molecule has 0 aliphatic carbocycles. The Labute approximate surface area is 138 Å². The van der Waals surface area contributed by atoms with Crippen molar-refractivity contribution in [3.8, 4) is 0 Å². The molecule has 0 fully saturated rings. The van der Waals surface area contributed by atoms with E-state index < -0.39 is 23.7 Å². The molecular weight excluding hydrogens is 314 g/mol. The molecule has 0 saturated heterocycles. The summed E-state index contributed by atoms with van der Waals surface area (Å²) in [6.07, 6.45) is 2.26. The number of amides is 1. The summed E-state index contributed by atoms with van der Waals surface area (Å²) >= 11 is 0. The molecule has 1 heterocycles. The van der Waals surface area contributed by atoms with Gasteiger partial charge in [-0.2, -0.15) is 4.57 Å². The summed E-state index contributed by atoms with van der Waals surface area (Å²) in [6, 6.07) is 9.77. The summed E-state index contributed by atoms with van der Waals surface area (Å²) < 4.78 is 1.65. The van der Waals surface area contributed by atoms with Crippen molar-refractivity contribution in [1.82, 2.24) is 5.32 Å². The lowest BCUT2D eigenvalue weighted by molar-refractivity contribution is -0.684. The van der Waals surface area contributed by atoms with E-state index in [9.17, 15) is 25.1 Å². The number of hydrogen-bond donors (Lipinski definition) is 3. The van der Waals surface area contributed by atoms with Gasteiger partial charge in [0, 0.05) is 24.3 Å². The molecule has 0 aliphatic heterocycles. The smallest absolute Gasteiger partial charge is 0.286 e. The number of benzene rings is 1. The van der Waals surface area contributed by atoms with Crippen LogP contribution in [0.1, 0.15) is 11.7 Å². The Bertz CT molecular complexity index is 691. The Morgan fingerprint density at radius 3 is 2.38 bits per heavy atom. The number of pyridine rings is 1. The number of nitrogens with one attached hydrogen (secondary N) is 1. The molecular formula is C16H18N3O5+. The normalized spacial score (nSPS) is 13.1. The number of nitro benzene ring substituents is 1. The van der Waals surface area contributed by atoms with Crippen LogP contribution in [0.3, 0.4) is 0 Å². The highest BCUT2D eigenvalue weighted by Crippen LogP contribution is 2.20. The molecule has 8 heteroatoms. The number of hydrogen-bond acceptors (Lipinski definition) is 5. The highest BCUT2D eigenvalue weighted by atomic mass is 16.6. The number of aliphatic hydroxyl groups excluding tert-OH is 2. The average Bonchev–Trinajstić information content (AvgIpc) is 2.60. The van der Waals surface area contributed by atoms with Gasteiger partial charge < -0.3 is 15.5 Å². The van der Waals surface area contributed by atoms with Crippen molar-refractivity contribution in [3.63, 3.8) is 0 Å². The Morgan fingerprint density at radius 2 is 1.83 bits per heavy atom. The highest BCUT2D eigenvalue weighted by Gasteiger charge is 2.24. The van der Waals surface area contributed by atoms with Gasteiger partial charge >= 0.3 is 0 Å². The Hall–Kier alpha value is -2.84. The summed E-state index contributed by atoms with van der Waals surface area (Å²) in [6.45, 7) is -0.423. The lowest BCUT2D eigenvalue weighted by Gasteiger charge is -2.22. The molecule has 8 nitrogen and oxygen atoms in total. The Kier molecular flexibility index (Phi) is 5.94. The van der Waals surface area contributed by atoms with E-state index in [4.69, 9.17) is 0 Å². The zero-order chi connectivity index (χ0) is 17.5. The van der Waals surface area contributed by atoms with Gasteiger partial charge in [-0.1, -0.05) is 6.07 Å². The topological polar surface area (TPSA) is 117 Å². The van der Waals surface area contributed by atoms with Crippen LogP contribution < -0.4 is 9.88 Å². The second-order valence-corrected chi connectivity index (χ2v) is 5.20. The minimum atomic E-state index is -1.18. The van der Waals surface area contributed by atoms with E-state index in [1.54, 1.807) is 29.1 Å². The van der Waals surface area contributed by atoms with Crippen LogP contribution in [0.5, 0.6) is 0 Å². The van der Waals surface area contributed by atoms with Crippen molar-refractivity contribution < 1.29 is 24.5 Å². The highest BCUT2D eigenvalue weighted by molar-refractivity contribution is 5.74. The summed E-state index contributed by atoms with van der Waals surface area (Å²) in [5.74, 6) is -0.369. The molecule has 0 spiro atoms. The fourth-order valence-electron chi connectivity index (χ4n) is 2.21. The second-order valence-electron chi connectivity index (χ2n) is 5.20. The average molecular weight is 332 g/mol. The molecule has 1 aromatic heterocycles. The number of carbonyl (C=O) groups is 1. The summed E-state index contributed by atoms with van der Waals surface area (Å²) in [5.41, 5.74) is 0.267. The van der Waals surface area contributed by atoms with Crippen LogP contribution in [-0.4, -0.2) is 33.7 Å². The predicted octanol–water partition coefficient (Wildman–Crippen LogP) is 0.0930. The maximum absolute atomic E-state index is 12.0. The Balaban J connectivity index is 2.01. The standard InChI is InChI=1S/C16H17N3O5/c20-11-14(17-15(21)10-18-8-2-1-3-9-18)16(22)12-4-6-13(7-5-12)19(23)24/h1-9,14,16,20,22H,10-11H2/p+1/t14-,16-/m0/s1. The summed E-state index contributed by atoms with van der Waals surface area (Å²) in [7, 11) is 0. The van der Waals surface area contributed by atoms with E-state index in [0.29, 0.717) is 5.56 Å². The van der Waals surface area contributed by atoms with Gasteiger partial charge in [-0.15, -0.1) is 0 Å². The molecule has 126 valence electrons. The van der Waals surface area contributed by atoms with E-state index in [0.717, 1.165) is 0 Å². The second kappa shape index (κ2) is 8.14. The first-order valence-electron chi connectivity index (χ1n) is 7.28. The van der Waals surface area contributed by atoms with Crippen LogP contribution in [-0.2, 0) is 11.3 Å². The van der Waals surface area contributed by atoms with Gasteiger partial charge in [0.2, 0.25) is 6.54 Å². The number of aromatic nitrogens is 1. The molecule has 1 amide bonds. The van der Waals surface area contributed by atoms with Crippen LogP contribution in [0.25, 0.3) is 0 Å². The SMILES string of the molecule is O=C(C[n+]1ccccc1)N[C@@H](CO)[C@@H](O)c1ccc([N+](=O)[O-])cc1. The number of nitro groups is 1. The molecule has 2 atom stereocenters. The first-order valence-corrected chi connectivity index (χ1v) is 7.28. The quantitative estimate of drug-likeness (QED) is 0.377. The number of rotatable bonds is 7. The van der Waals surface area contributed by atoms with Crippen LogP contribution >= 0.6 is 0 Å². The number of aliphatic hydroxyl groups is 2. The molecule has 0 unspecified atom stereocenters. The zero-order valence-corrected chi connectivity index (χ0v) is 12.8. The van der Waals surface area contributed by atoms with Gasteiger partial charge in [0.05, 0.1) is 17.6 Å². The molecule has 0 radical (unpaired) electrons. The van der Waals surface area contributed by atoms with Gasteiger partial charge in [-0.05, 0) is 17.7 Å². The molecule has 3 N–H and O–H groups in total. The van der Waals surface area contributed by atoms with E-state index in [1.807, 2.05) is 6.07 Å². The van der Waals surface area contributed by atoms with Crippen molar-refractivity contribution in [2.45, 2.75) is 18.7 Å². The monoisotopic (exact) mass is 332 g/mol. The van der Waals surface area contributed by atoms with Gasteiger partial charge in [-0.25, -0.2) is 0 Å². The Morgan fingerprint density at radius 1 is 1.21 bits per heavy atom. The fraction of sp³-hybridized carbons (Fsp3) is 0.250. The van der Waals surface area contributed by atoms with Crippen molar-refractivity contribution in [2.24, 2.45) is 0 Å². The first kappa shape index (κ1) is 17.5. The lowest BCUT2D eigenvalue weighted by atomic mass is 10.0. The number of carbonyl (C=O) groups excluding carboxylic acids is 1. The van der Waals surface area contributed by atoms with Crippen molar-refractivity contribution in [1.29, 1.82) is 0 Å². The largest absolute Gasteiger partial charge is 0.394 e. The molecule has 1 aromatic carbocycles. The van der Waals surface area contributed by atoms with E-state index >= 15 is 0 Å². The molecule has 24 heavy (non-hydrogen) atoms. The fourth-order valence-corrected chi connectivity index (χ4v) is 2.21. The summed E-state index contributed by atoms with van der Waals surface area (Å²) in [5, 5.41) is 32.9. The maximum atomic E-state index is 12.0.